The van der Waals surface area contributed by atoms with Gasteiger partial charge in [0.15, 0.2) is 0 Å². The lowest BCUT2D eigenvalue weighted by molar-refractivity contribution is -0.149. The topological polar surface area (TPSA) is 69.6 Å². The van der Waals surface area contributed by atoms with Gasteiger partial charge in [0.05, 0.1) is 6.04 Å². The maximum Gasteiger partial charge on any atom is 0.326 e. The van der Waals surface area contributed by atoms with E-state index in [4.69, 9.17) is 5.11 Å². The van der Waals surface area contributed by atoms with Crippen LogP contribution in [0.15, 0.2) is 0 Å². The molecule has 2 unspecified atom stereocenters. The fourth-order valence-corrected chi connectivity index (χ4v) is 3.04. The number of hydrogen-bond donors (Lipinski definition) is 2. The van der Waals surface area contributed by atoms with Gasteiger partial charge in [-0.05, 0) is 38.1 Å². The van der Waals surface area contributed by atoms with Crippen LogP contribution in [0.5, 0.6) is 0 Å². The van der Waals surface area contributed by atoms with Gasteiger partial charge in [0, 0.05) is 6.54 Å². The van der Waals surface area contributed by atoms with E-state index in [0.717, 1.165) is 32.2 Å². The molecule has 0 spiro atoms. The molecule has 18 heavy (non-hydrogen) atoms. The number of piperidine rings is 1. The zero-order valence-corrected chi connectivity index (χ0v) is 10.9. The predicted molar refractivity (Wildman–Crippen MR) is 67.2 cm³/mol. The number of nitrogens with one attached hydrogen (secondary N) is 1. The lowest BCUT2D eigenvalue weighted by Crippen LogP contribution is -2.52. The Morgan fingerprint density at radius 3 is 2.83 bits per heavy atom. The molecule has 0 bridgehead atoms. The molecule has 3 atom stereocenters. The van der Waals surface area contributed by atoms with E-state index in [0.29, 0.717) is 18.9 Å². The average Bonchev–Trinajstić information content (AvgIpc) is 2.87. The molecule has 2 fully saturated rings. The first kappa shape index (κ1) is 13.3. The van der Waals surface area contributed by atoms with Crippen LogP contribution in [-0.4, -0.2) is 47.1 Å². The molecule has 5 nitrogen and oxygen atoms in total. The van der Waals surface area contributed by atoms with Gasteiger partial charge >= 0.3 is 5.97 Å². The summed E-state index contributed by atoms with van der Waals surface area (Å²) in [6, 6.07) is -0.787. The molecule has 5 heteroatoms. The minimum atomic E-state index is -0.872. The van der Waals surface area contributed by atoms with Crippen LogP contribution in [0.3, 0.4) is 0 Å². The van der Waals surface area contributed by atoms with Crippen molar-refractivity contribution in [1.82, 2.24) is 10.2 Å². The average molecular weight is 254 g/mol. The maximum atomic E-state index is 12.4. The van der Waals surface area contributed by atoms with Crippen LogP contribution >= 0.6 is 0 Å². The zero-order valence-electron chi connectivity index (χ0n) is 10.9. The number of aliphatic carboxylic acids is 1. The van der Waals surface area contributed by atoms with Crippen molar-refractivity contribution < 1.29 is 14.7 Å². The van der Waals surface area contributed by atoms with Gasteiger partial charge in [-0.2, -0.15) is 0 Å². The van der Waals surface area contributed by atoms with Gasteiger partial charge in [0.25, 0.3) is 0 Å². The van der Waals surface area contributed by atoms with Gasteiger partial charge < -0.3 is 15.3 Å². The van der Waals surface area contributed by atoms with Crippen LogP contribution in [0, 0.1) is 5.92 Å². The molecule has 1 amide bonds. The molecule has 2 aliphatic rings. The van der Waals surface area contributed by atoms with Gasteiger partial charge in [0.1, 0.15) is 6.04 Å². The Bertz CT molecular complexity index is 332. The summed E-state index contributed by atoms with van der Waals surface area (Å²) < 4.78 is 0. The Morgan fingerprint density at radius 1 is 1.39 bits per heavy atom. The molecule has 102 valence electrons. The molecular weight excluding hydrogens is 232 g/mol. The third-order valence-electron chi connectivity index (χ3n) is 4.21. The number of carbonyl (C=O) groups is 2. The summed E-state index contributed by atoms with van der Waals surface area (Å²) >= 11 is 0. The van der Waals surface area contributed by atoms with E-state index in [1.54, 1.807) is 4.90 Å². The minimum absolute atomic E-state index is 0.0157. The monoisotopic (exact) mass is 254 g/mol. The van der Waals surface area contributed by atoms with Crippen LogP contribution in [0.25, 0.3) is 0 Å². The number of carbonyl (C=O) groups excluding carboxylic acids is 1. The summed E-state index contributed by atoms with van der Waals surface area (Å²) in [6.07, 6.45) is 4.44. The van der Waals surface area contributed by atoms with E-state index in [1.165, 1.54) is 0 Å². The van der Waals surface area contributed by atoms with E-state index in [-0.39, 0.29) is 11.9 Å². The van der Waals surface area contributed by atoms with Gasteiger partial charge in [0.2, 0.25) is 5.91 Å². The fraction of sp³-hybridized carbons (Fsp3) is 0.846. The molecular formula is C13H22N2O3. The largest absolute Gasteiger partial charge is 0.480 e. The SMILES string of the molecule is CCC1CCNC(C(=O)N2CCC[C@@H]2C(=O)O)C1. The van der Waals surface area contributed by atoms with E-state index in [2.05, 4.69) is 12.2 Å². The third-order valence-corrected chi connectivity index (χ3v) is 4.21. The summed E-state index contributed by atoms with van der Waals surface area (Å²) in [7, 11) is 0. The van der Waals surface area contributed by atoms with Gasteiger partial charge in [-0.25, -0.2) is 4.79 Å². The Balaban J connectivity index is 1.99. The maximum absolute atomic E-state index is 12.4. The van der Waals surface area contributed by atoms with E-state index < -0.39 is 12.0 Å². The number of nitrogens with zero attached hydrogens (tertiary/aromatic N) is 1. The molecule has 0 saturated carbocycles. The van der Waals surface area contributed by atoms with E-state index >= 15 is 0 Å². The van der Waals surface area contributed by atoms with Crippen molar-refractivity contribution in [1.29, 1.82) is 0 Å². The predicted octanol–water partition coefficient (Wildman–Crippen LogP) is 0.840. The number of hydrogen-bond acceptors (Lipinski definition) is 3. The first-order chi connectivity index (χ1) is 8.63. The van der Waals surface area contributed by atoms with Crippen molar-refractivity contribution in [3.63, 3.8) is 0 Å². The molecule has 0 radical (unpaired) electrons. The van der Waals surface area contributed by atoms with E-state index in [9.17, 15) is 9.59 Å². The Labute approximate surface area is 108 Å². The second-order valence-electron chi connectivity index (χ2n) is 5.33. The molecule has 0 aromatic heterocycles. The molecule has 0 aromatic carbocycles. The van der Waals surface area contributed by atoms with Crippen LogP contribution in [0.2, 0.25) is 0 Å². The zero-order chi connectivity index (χ0) is 13.1. The van der Waals surface area contributed by atoms with Crippen LogP contribution in [0.4, 0.5) is 0 Å². The highest BCUT2D eigenvalue weighted by Gasteiger charge is 2.38. The van der Waals surface area contributed by atoms with Gasteiger partial charge in [-0.15, -0.1) is 0 Å². The first-order valence-corrected chi connectivity index (χ1v) is 6.90. The Morgan fingerprint density at radius 2 is 2.17 bits per heavy atom. The van der Waals surface area contributed by atoms with E-state index in [1.807, 2.05) is 0 Å². The highest BCUT2D eigenvalue weighted by atomic mass is 16.4. The molecule has 2 aliphatic heterocycles. The van der Waals surface area contributed by atoms with Crippen molar-refractivity contribution in [3.8, 4) is 0 Å². The van der Waals surface area contributed by atoms with Crippen molar-refractivity contribution in [2.75, 3.05) is 13.1 Å². The fourth-order valence-electron chi connectivity index (χ4n) is 3.04. The second-order valence-corrected chi connectivity index (χ2v) is 5.33. The highest BCUT2D eigenvalue weighted by molar-refractivity contribution is 5.87. The summed E-state index contributed by atoms with van der Waals surface area (Å²) in [4.78, 5) is 25.0. The van der Waals surface area contributed by atoms with Gasteiger partial charge in [-0.3, -0.25) is 4.79 Å². The van der Waals surface area contributed by atoms with Crippen molar-refractivity contribution in [3.05, 3.63) is 0 Å². The smallest absolute Gasteiger partial charge is 0.326 e. The molecule has 2 rings (SSSR count). The standard InChI is InChI=1S/C13H22N2O3/c1-2-9-5-6-14-10(8-9)12(16)15-7-3-4-11(15)13(17)18/h9-11,14H,2-8H2,1H3,(H,17,18)/t9?,10?,11-/m1/s1. The lowest BCUT2D eigenvalue weighted by Gasteiger charge is -2.33. The minimum Gasteiger partial charge on any atom is -0.480 e. The molecule has 0 aliphatic carbocycles. The van der Waals surface area contributed by atoms with Gasteiger partial charge in [-0.1, -0.05) is 13.3 Å². The Hall–Kier alpha value is -1.10. The number of likely N-dealkylation sites (tertiary alicyclic amines) is 1. The number of carboxylic acids is 1. The molecule has 2 heterocycles. The summed E-state index contributed by atoms with van der Waals surface area (Å²) in [5.74, 6) is -0.298. The van der Waals surface area contributed by atoms with Crippen LogP contribution in [-0.2, 0) is 9.59 Å². The number of rotatable bonds is 3. The highest BCUT2D eigenvalue weighted by Crippen LogP contribution is 2.24. The quantitative estimate of drug-likeness (QED) is 0.783. The van der Waals surface area contributed by atoms with Crippen LogP contribution < -0.4 is 5.32 Å². The molecule has 2 N–H and O–H groups in total. The summed E-state index contributed by atoms with van der Waals surface area (Å²) in [6.45, 7) is 3.60. The second kappa shape index (κ2) is 5.69. The Kier molecular flexibility index (Phi) is 4.22. The van der Waals surface area contributed by atoms with Crippen molar-refractivity contribution >= 4 is 11.9 Å². The number of amides is 1. The number of carboxylic acid groups (broad SMARTS) is 1. The summed E-state index contributed by atoms with van der Waals surface area (Å²) in [5, 5.41) is 12.4. The van der Waals surface area contributed by atoms with Crippen LogP contribution in [0.1, 0.15) is 39.0 Å². The molecule has 2 saturated heterocycles. The normalized spacial score (nSPS) is 32.5. The third kappa shape index (κ3) is 2.66. The summed E-state index contributed by atoms with van der Waals surface area (Å²) in [5.41, 5.74) is 0. The first-order valence-electron chi connectivity index (χ1n) is 6.90. The van der Waals surface area contributed by atoms with Crippen molar-refractivity contribution in [2.45, 2.75) is 51.1 Å². The lowest BCUT2D eigenvalue weighted by atomic mass is 9.90. The van der Waals surface area contributed by atoms with Crippen molar-refractivity contribution in [2.24, 2.45) is 5.92 Å². The molecule has 0 aromatic rings.